The standard InChI is InChI=1S/C7H15NO4S2/c1-13(9,10)8-4-2-7-3-5-14(11,12)6-7/h7-8H,2-6H2,1H3. The third kappa shape index (κ3) is 4.39. The maximum Gasteiger partial charge on any atom is 0.208 e. The van der Waals surface area contributed by atoms with Gasteiger partial charge in [-0.3, -0.25) is 0 Å². The summed E-state index contributed by atoms with van der Waals surface area (Å²) in [6.07, 6.45) is 2.36. The number of sulfone groups is 1. The van der Waals surface area contributed by atoms with Crippen molar-refractivity contribution in [3.63, 3.8) is 0 Å². The molecule has 1 fully saturated rings. The molecule has 0 aromatic heterocycles. The van der Waals surface area contributed by atoms with Gasteiger partial charge in [-0.15, -0.1) is 0 Å². The Kier molecular flexibility index (Phi) is 3.54. The van der Waals surface area contributed by atoms with E-state index in [-0.39, 0.29) is 17.4 Å². The summed E-state index contributed by atoms with van der Waals surface area (Å²) >= 11 is 0. The molecule has 1 atom stereocenters. The second-order valence-corrected chi connectivity index (χ2v) is 7.79. The minimum absolute atomic E-state index is 0.120. The van der Waals surface area contributed by atoms with Gasteiger partial charge >= 0.3 is 0 Å². The normalized spacial score (nSPS) is 26.5. The summed E-state index contributed by atoms with van der Waals surface area (Å²) < 4.78 is 45.9. The van der Waals surface area contributed by atoms with Crippen molar-refractivity contribution in [1.29, 1.82) is 0 Å². The van der Waals surface area contributed by atoms with Crippen LogP contribution in [0.1, 0.15) is 12.8 Å². The summed E-state index contributed by atoms with van der Waals surface area (Å²) in [5.74, 6) is 0.573. The molecule has 1 aliphatic rings. The zero-order chi connectivity index (χ0) is 10.8. The summed E-state index contributed by atoms with van der Waals surface area (Å²) in [6.45, 7) is 0.332. The largest absolute Gasteiger partial charge is 0.229 e. The van der Waals surface area contributed by atoms with Crippen molar-refractivity contribution in [2.24, 2.45) is 5.92 Å². The molecule has 84 valence electrons. The zero-order valence-corrected chi connectivity index (χ0v) is 9.70. The fraction of sp³-hybridized carbons (Fsp3) is 1.00. The van der Waals surface area contributed by atoms with E-state index < -0.39 is 19.9 Å². The topological polar surface area (TPSA) is 80.3 Å². The van der Waals surface area contributed by atoms with Crippen LogP contribution in [0.25, 0.3) is 0 Å². The van der Waals surface area contributed by atoms with Gasteiger partial charge in [0, 0.05) is 6.54 Å². The van der Waals surface area contributed by atoms with Gasteiger partial charge in [0.2, 0.25) is 10.0 Å². The van der Waals surface area contributed by atoms with Gasteiger partial charge in [0.05, 0.1) is 17.8 Å². The maximum atomic E-state index is 11.1. The van der Waals surface area contributed by atoms with E-state index in [0.717, 1.165) is 6.26 Å². The lowest BCUT2D eigenvalue weighted by atomic mass is 10.1. The molecule has 14 heavy (non-hydrogen) atoms. The molecule has 0 aromatic carbocycles. The SMILES string of the molecule is CS(=O)(=O)NCCC1CCS(=O)(=O)C1. The minimum Gasteiger partial charge on any atom is -0.229 e. The van der Waals surface area contributed by atoms with Gasteiger partial charge in [-0.2, -0.15) is 0 Å². The summed E-state index contributed by atoms with van der Waals surface area (Å²) in [6, 6.07) is 0. The van der Waals surface area contributed by atoms with Crippen molar-refractivity contribution < 1.29 is 16.8 Å². The van der Waals surface area contributed by atoms with Gasteiger partial charge in [-0.1, -0.05) is 0 Å². The quantitative estimate of drug-likeness (QED) is 0.710. The van der Waals surface area contributed by atoms with Gasteiger partial charge < -0.3 is 0 Å². The Morgan fingerprint density at radius 2 is 2.07 bits per heavy atom. The maximum absolute atomic E-state index is 11.1. The molecule has 1 saturated heterocycles. The molecule has 0 aromatic rings. The Hall–Kier alpha value is -0.140. The molecule has 1 rings (SSSR count). The first-order valence-electron chi connectivity index (χ1n) is 4.43. The molecule has 0 bridgehead atoms. The molecular formula is C7H15NO4S2. The van der Waals surface area contributed by atoms with Crippen LogP contribution in [-0.2, 0) is 19.9 Å². The number of sulfonamides is 1. The molecule has 0 amide bonds. The molecule has 0 saturated carbocycles. The predicted molar refractivity (Wildman–Crippen MR) is 54.2 cm³/mol. The molecule has 1 unspecified atom stereocenters. The van der Waals surface area contributed by atoms with E-state index in [9.17, 15) is 16.8 Å². The number of hydrogen-bond acceptors (Lipinski definition) is 4. The molecule has 7 heteroatoms. The highest BCUT2D eigenvalue weighted by molar-refractivity contribution is 7.91. The Morgan fingerprint density at radius 3 is 2.50 bits per heavy atom. The number of rotatable bonds is 4. The van der Waals surface area contributed by atoms with Crippen molar-refractivity contribution in [1.82, 2.24) is 4.72 Å². The predicted octanol–water partition coefficient (Wildman–Crippen LogP) is -0.640. The minimum atomic E-state index is -3.14. The summed E-state index contributed by atoms with van der Waals surface area (Å²) in [5.41, 5.74) is 0. The van der Waals surface area contributed by atoms with Crippen molar-refractivity contribution in [2.45, 2.75) is 12.8 Å². The van der Waals surface area contributed by atoms with Crippen LogP contribution in [0.15, 0.2) is 0 Å². The Morgan fingerprint density at radius 1 is 1.43 bits per heavy atom. The summed E-state index contributed by atoms with van der Waals surface area (Å²) in [5, 5.41) is 0. The van der Waals surface area contributed by atoms with E-state index in [1.54, 1.807) is 0 Å². The van der Waals surface area contributed by atoms with Gasteiger partial charge in [0.1, 0.15) is 0 Å². The summed E-state index contributed by atoms with van der Waals surface area (Å²) in [7, 11) is -5.98. The molecule has 0 aliphatic carbocycles. The van der Waals surface area contributed by atoms with Crippen molar-refractivity contribution in [3.8, 4) is 0 Å². The smallest absolute Gasteiger partial charge is 0.208 e. The van der Waals surface area contributed by atoms with Crippen LogP contribution < -0.4 is 4.72 Å². The first-order valence-corrected chi connectivity index (χ1v) is 8.15. The highest BCUT2D eigenvalue weighted by atomic mass is 32.2. The molecule has 0 spiro atoms. The average Bonchev–Trinajstić information content (AvgIpc) is 2.27. The second-order valence-electron chi connectivity index (χ2n) is 3.72. The zero-order valence-electron chi connectivity index (χ0n) is 8.06. The van der Waals surface area contributed by atoms with Crippen LogP contribution >= 0.6 is 0 Å². The van der Waals surface area contributed by atoms with Crippen molar-refractivity contribution >= 4 is 19.9 Å². The fourth-order valence-corrected chi connectivity index (χ4v) is 3.95. The van der Waals surface area contributed by atoms with Gasteiger partial charge in [-0.05, 0) is 18.8 Å². The first-order chi connectivity index (χ1) is 6.29. The van der Waals surface area contributed by atoms with Gasteiger partial charge in [-0.25, -0.2) is 21.6 Å². The Balaban J connectivity index is 2.28. The van der Waals surface area contributed by atoms with E-state index in [1.807, 2.05) is 0 Å². The molecular weight excluding hydrogens is 226 g/mol. The first kappa shape index (κ1) is 11.9. The van der Waals surface area contributed by atoms with E-state index in [0.29, 0.717) is 19.4 Å². The van der Waals surface area contributed by atoms with Crippen LogP contribution in [0.2, 0.25) is 0 Å². The second kappa shape index (κ2) is 4.16. The average molecular weight is 241 g/mol. The van der Waals surface area contributed by atoms with Crippen LogP contribution in [-0.4, -0.2) is 41.1 Å². The van der Waals surface area contributed by atoms with Crippen LogP contribution in [0, 0.1) is 5.92 Å². The molecule has 1 heterocycles. The van der Waals surface area contributed by atoms with Crippen LogP contribution in [0.3, 0.4) is 0 Å². The van der Waals surface area contributed by atoms with E-state index in [4.69, 9.17) is 0 Å². The number of nitrogens with one attached hydrogen (secondary N) is 1. The molecule has 1 N–H and O–H groups in total. The monoisotopic (exact) mass is 241 g/mol. The molecule has 0 radical (unpaired) electrons. The molecule has 1 aliphatic heterocycles. The lowest BCUT2D eigenvalue weighted by Crippen LogP contribution is -2.24. The number of hydrogen-bond donors (Lipinski definition) is 1. The van der Waals surface area contributed by atoms with E-state index >= 15 is 0 Å². The van der Waals surface area contributed by atoms with Gasteiger partial charge in [0.15, 0.2) is 9.84 Å². The van der Waals surface area contributed by atoms with E-state index in [2.05, 4.69) is 4.72 Å². The van der Waals surface area contributed by atoms with E-state index in [1.165, 1.54) is 0 Å². The fourth-order valence-electron chi connectivity index (χ4n) is 1.55. The highest BCUT2D eigenvalue weighted by Gasteiger charge is 2.27. The van der Waals surface area contributed by atoms with Crippen LogP contribution in [0.4, 0.5) is 0 Å². The van der Waals surface area contributed by atoms with Crippen LogP contribution in [0.5, 0.6) is 0 Å². The Bertz CT molecular complexity index is 384. The highest BCUT2D eigenvalue weighted by Crippen LogP contribution is 2.20. The van der Waals surface area contributed by atoms with Crippen molar-refractivity contribution in [3.05, 3.63) is 0 Å². The lowest BCUT2D eigenvalue weighted by molar-refractivity contribution is 0.529. The summed E-state index contributed by atoms with van der Waals surface area (Å²) in [4.78, 5) is 0. The van der Waals surface area contributed by atoms with Crippen molar-refractivity contribution in [2.75, 3.05) is 24.3 Å². The Labute approximate surface area is 84.9 Å². The third-order valence-electron chi connectivity index (χ3n) is 2.24. The van der Waals surface area contributed by atoms with Gasteiger partial charge in [0.25, 0.3) is 0 Å². The third-order valence-corrected chi connectivity index (χ3v) is 4.81. The molecule has 5 nitrogen and oxygen atoms in total. The lowest BCUT2D eigenvalue weighted by Gasteiger charge is -2.06.